The molecular weight excluding hydrogens is 248 g/mol. The third-order valence-electron chi connectivity index (χ3n) is 2.51. The van der Waals surface area contributed by atoms with Gasteiger partial charge in [-0.2, -0.15) is 0 Å². The van der Waals surface area contributed by atoms with E-state index in [1.807, 2.05) is 27.7 Å². The van der Waals surface area contributed by atoms with Gasteiger partial charge in [0.25, 0.3) is 0 Å². The van der Waals surface area contributed by atoms with Crippen molar-refractivity contribution in [1.82, 2.24) is 5.32 Å². The molecule has 0 spiro atoms. The largest absolute Gasteiger partial charge is 0.313 e. The first kappa shape index (κ1) is 17.7. The van der Waals surface area contributed by atoms with Crippen LogP contribution >= 0.6 is 0 Å². The maximum Gasteiger partial charge on any atom is 0.138 e. The van der Waals surface area contributed by atoms with Gasteiger partial charge in [-0.1, -0.05) is 27.7 Å². The first-order chi connectivity index (χ1) is 8.90. The Morgan fingerprint density at radius 2 is 1.63 bits per heavy atom. The molecular formula is C15H23F2NO. The molecule has 0 bridgehead atoms. The highest BCUT2D eigenvalue weighted by Crippen LogP contribution is 2.19. The summed E-state index contributed by atoms with van der Waals surface area (Å²) in [6, 6.07) is 3.43. The molecule has 0 saturated carbocycles. The number of carbonyl (C=O) groups excluding carboxylic acids is 1. The fraction of sp³-hybridized carbons (Fsp3) is 0.533. The average molecular weight is 271 g/mol. The zero-order valence-electron chi connectivity index (χ0n) is 12.3. The molecule has 1 unspecified atom stereocenters. The van der Waals surface area contributed by atoms with Gasteiger partial charge in [-0.25, -0.2) is 8.78 Å². The maximum atomic E-state index is 13.1. The van der Waals surface area contributed by atoms with Crippen LogP contribution in [0.5, 0.6) is 0 Å². The minimum atomic E-state index is -0.657. The lowest BCUT2D eigenvalue weighted by Gasteiger charge is -2.17. The maximum absolute atomic E-state index is 13.1. The highest BCUT2D eigenvalue weighted by molar-refractivity contribution is 5.83. The van der Waals surface area contributed by atoms with E-state index in [2.05, 4.69) is 5.32 Å². The van der Waals surface area contributed by atoms with Crippen molar-refractivity contribution >= 4 is 5.78 Å². The van der Waals surface area contributed by atoms with Gasteiger partial charge in [0.05, 0.1) is 5.92 Å². The number of hydrogen-bond donors (Lipinski definition) is 1. The molecule has 19 heavy (non-hydrogen) atoms. The van der Waals surface area contributed by atoms with Gasteiger partial charge in [0.2, 0.25) is 0 Å². The van der Waals surface area contributed by atoms with E-state index in [0.717, 1.165) is 6.07 Å². The summed E-state index contributed by atoms with van der Waals surface area (Å²) in [6.07, 6.45) is 0. The smallest absolute Gasteiger partial charge is 0.138 e. The van der Waals surface area contributed by atoms with Crippen LogP contribution in [0.25, 0.3) is 0 Å². The molecule has 0 fully saturated rings. The van der Waals surface area contributed by atoms with Gasteiger partial charge in [-0.3, -0.25) is 4.79 Å². The Morgan fingerprint density at radius 1 is 1.16 bits per heavy atom. The van der Waals surface area contributed by atoms with Gasteiger partial charge in [0.1, 0.15) is 17.4 Å². The minimum absolute atomic E-state index is 0.108. The van der Waals surface area contributed by atoms with Crippen molar-refractivity contribution in [3.8, 4) is 0 Å². The Hall–Kier alpha value is -1.29. The average Bonchev–Trinajstić information content (AvgIpc) is 2.29. The normalized spacial score (nSPS) is 11.8. The van der Waals surface area contributed by atoms with E-state index in [1.165, 1.54) is 19.1 Å². The van der Waals surface area contributed by atoms with Crippen molar-refractivity contribution < 1.29 is 13.6 Å². The number of nitrogens with one attached hydrogen (secondary N) is 1. The second-order valence-electron chi connectivity index (χ2n) is 4.43. The molecule has 2 nitrogen and oxygen atoms in total. The summed E-state index contributed by atoms with van der Waals surface area (Å²) in [5.41, 5.74) is 0.378. The van der Waals surface area contributed by atoms with Crippen LogP contribution < -0.4 is 5.32 Å². The number of Topliss-reactive ketones (excluding diaryl/α,β-unsaturated/α-hetero) is 1. The number of ketones is 1. The molecule has 0 saturated heterocycles. The van der Waals surface area contributed by atoms with Crippen LogP contribution in [-0.4, -0.2) is 18.4 Å². The van der Waals surface area contributed by atoms with E-state index in [0.29, 0.717) is 12.1 Å². The Labute approximate surface area is 114 Å². The van der Waals surface area contributed by atoms with Gasteiger partial charge in [0.15, 0.2) is 0 Å². The summed E-state index contributed by atoms with van der Waals surface area (Å²) in [6.45, 7) is 9.71. The van der Waals surface area contributed by atoms with Crippen molar-refractivity contribution in [3.05, 3.63) is 35.4 Å². The number of halogens is 2. The fourth-order valence-corrected chi connectivity index (χ4v) is 1.63. The van der Waals surface area contributed by atoms with Crippen molar-refractivity contribution in [1.29, 1.82) is 0 Å². The van der Waals surface area contributed by atoms with E-state index in [9.17, 15) is 13.6 Å². The number of carbonyl (C=O) groups is 1. The molecule has 0 aliphatic heterocycles. The quantitative estimate of drug-likeness (QED) is 0.885. The molecule has 0 heterocycles. The van der Waals surface area contributed by atoms with E-state index in [-0.39, 0.29) is 11.8 Å². The first-order valence-corrected chi connectivity index (χ1v) is 6.60. The van der Waals surface area contributed by atoms with Crippen LogP contribution in [0.2, 0.25) is 0 Å². The molecule has 0 aliphatic rings. The predicted octanol–water partition coefficient (Wildman–Crippen LogP) is 3.66. The number of hydrogen-bond acceptors (Lipinski definition) is 2. The van der Waals surface area contributed by atoms with E-state index >= 15 is 0 Å². The van der Waals surface area contributed by atoms with Crippen molar-refractivity contribution in [2.75, 3.05) is 6.54 Å². The Morgan fingerprint density at radius 3 is 2.00 bits per heavy atom. The van der Waals surface area contributed by atoms with Crippen molar-refractivity contribution in [3.63, 3.8) is 0 Å². The molecule has 0 amide bonds. The number of rotatable bonds is 5. The lowest BCUT2D eigenvalue weighted by atomic mass is 9.95. The lowest BCUT2D eigenvalue weighted by Crippen LogP contribution is -2.30. The van der Waals surface area contributed by atoms with E-state index < -0.39 is 17.6 Å². The van der Waals surface area contributed by atoms with Crippen LogP contribution in [0.15, 0.2) is 18.2 Å². The fourth-order valence-electron chi connectivity index (χ4n) is 1.63. The highest BCUT2D eigenvalue weighted by Gasteiger charge is 2.18. The second kappa shape index (κ2) is 8.75. The zero-order chi connectivity index (χ0) is 15.0. The molecule has 1 rings (SSSR count). The van der Waals surface area contributed by atoms with Crippen LogP contribution in [0.1, 0.15) is 46.1 Å². The minimum Gasteiger partial charge on any atom is -0.313 e. The third-order valence-corrected chi connectivity index (χ3v) is 2.51. The predicted molar refractivity (Wildman–Crippen MR) is 74.3 cm³/mol. The van der Waals surface area contributed by atoms with Gasteiger partial charge in [0, 0.05) is 18.7 Å². The molecule has 1 aromatic rings. The van der Waals surface area contributed by atoms with Gasteiger partial charge < -0.3 is 5.32 Å². The van der Waals surface area contributed by atoms with Gasteiger partial charge >= 0.3 is 0 Å². The third kappa shape index (κ3) is 6.43. The van der Waals surface area contributed by atoms with Crippen LogP contribution in [-0.2, 0) is 4.79 Å². The SMILES string of the molecule is CC.CC(=O)C(CNC(C)C)c1cc(F)cc(F)c1. The summed E-state index contributed by atoms with van der Waals surface area (Å²) in [7, 11) is 0. The summed E-state index contributed by atoms with van der Waals surface area (Å²) in [5.74, 6) is -1.93. The molecule has 0 radical (unpaired) electrons. The number of benzene rings is 1. The van der Waals surface area contributed by atoms with Crippen LogP contribution in [0.3, 0.4) is 0 Å². The Kier molecular flexibility index (Phi) is 8.16. The van der Waals surface area contributed by atoms with Crippen LogP contribution in [0, 0.1) is 11.6 Å². The first-order valence-electron chi connectivity index (χ1n) is 6.60. The molecule has 0 aromatic heterocycles. The van der Waals surface area contributed by atoms with E-state index in [4.69, 9.17) is 0 Å². The van der Waals surface area contributed by atoms with Crippen molar-refractivity contribution in [2.45, 2.75) is 46.6 Å². The summed E-state index contributed by atoms with van der Waals surface area (Å²) in [4.78, 5) is 11.5. The van der Waals surface area contributed by atoms with E-state index in [1.54, 1.807) is 0 Å². The second-order valence-corrected chi connectivity index (χ2v) is 4.43. The monoisotopic (exact) mass is 271 g/mol. The topological polar surface area (TPSA) is 29.1 Å². The molecule has 4 heteroatoms. The van der Waals surface area contributed by atoms with Gasteiger partial charge in [-0.15, -0.1) is 0 Å². The van der Waals surface area contributed by atoms with Gasteiger partial charge in [-0.05, 0) is 24.6 Å². The molecule has 1 atom stereocenters. The Bertz CT molecular complexity index is 385. The summed E-state index contributed by atoms with van der Waals surface area (Å²) >= 11 is 0. The summed E-state index contributed by atoms with van der Waals surface area (Å²) < 4.78 is 26.2. The summed E-state index contributed by atoms with van der Waals surface area (Å²) in [5, 5.41) is 3.10. The Balaban J connectivity index is 0.00000154. The zero-order valence-corrected chi connectivity index (χ0v) is 12.3. The van der Waals surface area contributed by atoms with Crippen molar-refractivity contribution in [2.24, 2.45) is 0 Å². The molecule has 108 valence electrons. The lowest BCUT2D eigenvalue weighted by molar-refractivity contribution is -0.118. The molecule has 0 aliphatic carbocycles. The van der Waals surface area contributed by atoms with Crippen LogP contribution in [0.4, 0.5) is 8.78 Å². The standard InChI is InChI=1S/C13H17F2NO.C2H6/c1-8(2)16-7-13(9(3)17)10-4-11(14)6-12(15)5-10;1-2/h4-6,8,13,16H,7H2,1-3H3;1-2H3. The highest BCUT2D eigenvalue weighted by atomic mass is 19.1. The molecule has 1 aromatic carbocycles. The molecule has 1 N–H and O–H groups in total.